The molecule has 1 heterocycles. The largest absolute Gasteiger partial charge is 0.279 e. The van der Waals surface area contributed by atoms with Crippen molar-refractivity contribution in [3.8, 4) is 10.6 Å². The third kappa shape index (κ3) is 1.95. The van der Waals surface area contributed by atoms with Gasteiger partial charge in [-0.1, -0.05) is 42.5 Å². The number of nitro benzene ring substituents is 1. The number of nitro groups is 1. The van der Waals surface area contributed by atoms with Gasteiger partial charge in [0.2, 0.25) is 0 Å². The van der Waals surface area contributed by atoms with Crippen LogP contribution in [0.1, 0.15) is 0 Å². The molecule has 106 valence electrons. The van der Waals surface area contributed by atoms with Crippen molar-refractivity contribution in [3.05, 3.63) is 70.8 Å². The lowest BCUT2D eigenvalue weighted by Crippen LogP contribution is -1.90. The molecule has 0 N–H and O–H groups in total. The molecule has 0 radical (unpaired) electrons. The maximum atomic E-state index is 11.2. The summed E-state index contributed by atoms with van der Waals surface area (Å²) in [6.45, 7) is 0. The predicted octanol–water partition coefficient (Wildman–Crippen LogP) is 5.02. The summed E-state index contributed by atoms with van der Waals surface area (Å²) in [4.78, 5) is 15.4. The van der Waals surface area contributed by atoms with Gasteiger partial charge in [-0.25, -0.2) is 4.98 Å². The Hall–Kier alpha value is -2.79. The first kappa shape index (κ1) is 12.9. The Morgan fingerprint density at radius 2 is 1.73 bits per heavy atom. The molecule has 0 saturated carbocycles. The Bertz CT molecular complexity index is 1020. The third-order valence-electron chi connectivity index (χ3n) is 3.61. The van der Waals surface area contributed by atoms with Gasteiger partial charge in [-0.15, -0.1) is 11.3 Å². The van der Waals surface area contributed by atoms with Crippen LogP contribution in [0.15, 0.2) is 60.7 Å². The number of hydrogen-bond donors (Lipinski definition) is 0. The normalized spacial score (nSPS) is 11.1. The highest BCUT2D eigenvalue weighted by molar-refractivity contribution is 7.22. The molecular weight excluding hydrogens is 296 g/mol. The van der Waals surface area contributed by atoms with Crippen LogP contribution in [0.2, 0.25) is 0 Å². The van der Waals surface area contributed by atoms with Crippen molar-refractivity contribution < 1.29 is 4.92 Å². The van der Waals surface area contributed by atoms with Crippen LogP contribution >= 0.6 is 11.3 Å². The smallest absolute Gasteiger partial charge is 0.258 e. The van der Waals surface area contributed by atoms with Crippen molar-refractivity contribution in [1.82, 2.24) is 4.98 Å². The second kappa shape index (κ2) is 4.89. The lowest BCUT2D eigenvalue weighted by atomic mass is 10.1. The molecule has 0 aliphatic carbocycles. The molecule has 0 unspecified atom stereocenters. The first-order chi connectivity index (χ1) is 10.7. The van der Waals surface area contributed by atoms with Crippen molar-refractivity contribution in [2.75, 3.05) is 0 Å². The van der Waals surface area contributed by atoms with Gasteiger partial charge in [0.05, 0.1) is 20.7 Å². The van der Waals surface area contributed by atoms with Crippen molar-refractivity contribution in [1.29, 1.82) is 0 Å². The highest BCUT2D eigenvalue weighted by Crippen LogP contribution is 2.38. The average molecular weight is 306 g/mol. The van der Waals surface area contributed by atoms with E-state index in [9.17, 15) is 10.1 Å². The number of nitrogens with zero attached hydrogens (tertiary/aromatic N) is 2. The fourth-order valence-electron chi connectivity index (χ4n) is 2.58. The SMILES string of the molecule is O=[N+]([O-])c1ccccc1-c1nc2ccc3ccccc3c2s1. The minimum atomic E-state index is -0.362. The Kier molecular flexibility index (Phi) is 2.87. The summed E-state index contributed by atoms with van der Waals surface area (Å²) in [5, 5.41) is 14.2. The number of fused-ring (bicyclic) bond motifs is 3. The molecule has 4 rings (SSSR count). The Labute approximate surface area is 129 Å². The van der Waals surface area contributed by atoms with E-state index in [-0.39, 0.29) is 10.6 Å². The van der Waals surface area contributed by atoms with Gasteiger partial charge in [0.25, 0.3) is 5.69 Å². The topological polar surface area (TPSA) is 56.0 Å². The van der Waals surface area contributed by atoms with Crippen molar-refractivity contribution in [3.63, 3.8) is 0 Å². The monoisotopic (exact) mass is 306 g/mol. The van der Waals surface area contributed by atoms with E-state index >= 15 is 0 Å². The number of hydrogen-bond acceptors (Lipinski definition) is 4. The van der Waals surface area contributed by atoms with Crippen LogP contribution in [0.5, 0.6) is 0 Å². The average Bonchev–Trinajstić information content (AvgIpc) is 2.99. The Morgan fingerprint density at radius 3 is 2.59 bits per heavy atom. The molecule has 0 fully saturated rings. The molecule has 0 atom stereocenters. The molecule has 4 nitrogen and oxygen atoms in total. The van der Waals surface area contributed by atoms with Crippen LogP contribution in [0.3, 0.4) is 0 Å². The van der Waals surface area contributed by atoms with Crippen LogP contribution in [0, 0.1) is 10.1 Å². The number of rotatable bonds is 2. The van der Waals surface area contributed by atoms with Crippen LogP contribution in [-0.2, 0) is 0 Å². The molecule has 4 aromatic rings. The molecule has 0 amide bonds. The quantitative estimate of drug-likeness (QED) is 0.386. The molecule has 0 aliphatic rings. The van der Waals surface area contributed by atoms with Gasteiger partial charge < -0.3 is 0 Å². The molecule has 1 aromatic heterocycles. The van der Waals surface area contributed by atoms with Crippen LogP contribution in [0.4, 0.5) is 5.69 Å². The minimum absolute atomic E-state index is 0.0888. The van der Waals surface area contributed by atoms with Crippen LogP contribution in [-0.4, -0.2) is 9.91 Å². The molecule has 3 aromatic carbocycles. The van der Waals surface area contributed by atoms with Gasteiger partial charge in [-0.05, 0) is 17.5 Å². The van der Waals surface area contributed by atoms with Gasteiger partial charge in [-0.2, -0.15) is 0 Å². The van der Waals surface area contributed by atoms with Gasteiger partial charge in [0.15, 0.2) is 0 Å². The highest BCUT2D eigenvalue weighted by atomic mass is 32.1. The number of thiazole rings is 1. The zero-order valence-electron chi connectivity index (χ0n) is 11.4. The summed E-state index contributed by atoms with van der Waals surface area (Å²) in [5.74, 6) is 0. The summed E-state index contributed by atoms with van der Waals surface area (Å²) in [6.07, 6.45) is 0. The molecular formula is C17H10N2O2S. The van der Waals surface area contributed by atoms with Gasteiger partial charge in [0.1, 0.15) is 5.01 Å². The molecule has 0 spiro atoms. The summed E-state index contributed by atoms with van der Waals surface area (Å²) in [6, 6.07) is 18.8. The highest BCUT2D eigenvalue weighted by Gasteiger charge is 2.18. The van der Waals surface area contributed by atoms with Crippen LogP contribution < -0.4 is 0 Å². The van der Waals surface area contributed by atoms with Gasteiger partial charge in [-0.3, -0.25) is 10.1 Å². The Balaban J connectivity index is 2.01. The standard InChI is InChI=1S/C17H10N2O2S/c20-19(21)15-8-4-3-7-13(15)17-18-14-10-9-11-5-1-2-6-12(11)16(14)22-17/h1-10H. The lowest BCUT2D eigenvalue weighted by molar-refractivity contribution is -0.384. The van der Waals surface area contributed by atoms with Gasteiger partial charge in [0, 0.05) is 11.5 Å². The summed E-state index contributed by atoms with van der Waals surface area (Å²) in [7, 11) is 0. The zero-order valence-corrected chi connectivity index (χ0v) is 12.2. The van der Waals surface area contributed by atoms with Crippen molar-refractivity contribution in [2.45, 2.75) is 0 Å². The maximum Gasteiger partial charge on any atom is 0.279 e. The number of benzene rings is 3. The Morgan fingerprint density at radius 1 is 0.955 bits per heavy atom. The first-order valence-corrected chi connectivity index (χ1v) is 7.58. The van der Waals surface area contributed by atoms with E-state index in [1.807, 2.05) is 24.3 Å². The van der Waals surface area contributed by atoms with Crippen LogP contribution in [0.25, 0.3) is 31.6 Å². The van der Waals surface area contributed by atoms with E-state index < -0.39 is 0 Å². The van der Waals surface area contributed by atoms with E-state index in [1.165, 1.54) is 17.4 Å². The zero-order chi connectivity index (χ0) is 15.1. The molecule has 22 heavy (non-hydrogen) atoms. The van der Waals surface area contributed by atoms with E-state index in [0.29, 0.717) is 10.6 Å². The van der Waals surface area contributed by atoms with Crippen molar-refractivity contribution in [2.24, 2.45) is 0 Å². The van der Waals surface area contributed by atoms with E-state index in [2.05, 4.69) is 17.1 Å². The molecule has 0 bridgehead atoms. The van der Waals surface area contributed by atoms with E-state index in [1.54, 1.807) is 18.2 Å². The summed E-state index contributed by atoms with van der Waals surface area (Å²) >= 11 is 1.50. The molecule has 0 aliphatic heterocycles. The lowest BCUT2D eigenvalue weighted by Gasteiger charge is -1.97. The maximum absolute atomic E-state index is 11.2. The number of aromatic nitrogens is 1. The fourth-order valence-corrected chi connectivity index (χ4v) is 3.72. The van der Waals surface area contributed by atoms with E-state index in [4.69, 9.17) is 0 Å². The first-order valence-electron chi connectivity index (χ1n) is 6.76. The van der Waals surface area contributed by atoms with E-state index in [0.717, 1.165) is 21.0 Å². The second-order valence-corrected chi connectivity index (χ2v) is 5.93. The van der Waals surface area contributed by atoms with Crippen molar-refractivity contribution >= 4 is 38.0 Å². The summed E-state index contributed by atoms with van der Waals surface area (Å²) in [5.41, 5.74) is 1.53. The summed E-state index contributed by atoms with van der Waals surface area (Å²) < 4.78 is 1.06. The fraction of sp³-hybridized carbons (Fsp3) is 0. The molecule has 0 saturated heterocycles. The van der Waals surface area contributed by atoms with Gasteiger partial charge >= 0.3 is 0 Å². The minimum Gasteiger partial charge on any atom is -0.258 e. The third-order valence-corrected chi connectivity index (χ3v) is 4.75. The number of para-hydroxylation sites is 1. The predicted molar refractivity (Wildman–Crippen MR) is 89.2 cm³/mol. The molecule has 5 heteroatoms. The second-order valence-electron chi connectivity index (χ2n) is 4.93.